The molecule has 1 aromatic heterocycles. The highest BCUT2D eigenvalue weighted by Crippen LogP contribution is 2.36. The Hall–Kier alpha value is -2.44. The first kappa shape index (κ1) is 11.6. The lowest BCUT2D eigenvalue weighted by molar-refractivity contribution is 0.0686. The van der Waals surface area contributed by atoms with Gasteiger partial charge in [-0.25, -0.2) is 13.6 Å². The number of hydrogen-bond donors (Lipinski definition) is 1. The molecule has 1 aliphatic rings. The van der Waals surface area contributed by atoms with E-state index in [1.54, 1.807) is 0 Å². The van der Waals surface area contributed by atoms with Crippen LogP contribution >= 0.6 is 0 Å². The van der Waals surface area contributed by atoms with Crippen molar-refractivity contribution in [1.29, 1.82) is 0 Å². The number of hydrogen-bond acceptors (Lipinski definition) is 4. The summed E-state index contributed by atoms with van der Waals surface area (Å²) in [7, 11) is 0. The third-order valence-electron chi connectivity index (χ3n) is 2.86. The molecule has 0 amide bonds. The van der Waals surface area contributed by atoms with Crippen molar-refractivity contribution in [3.63, 3.8) is 0 Å². The number of fused-ring (bicyclic) bond motifs is 1. The van der Waals surface area contributed by atoms with E-state index in [-0.39, 0.29) is 23.7 Å². The van der Waals surface area contributed by atoms with E-state index < -0.39 is 28.9 Å². The summed E-state index contributed by atoms with van der Waals surface area (Å²) in [6.07, 6.45) is 0.328. The van der Waals surface area contributed by atoms with Crippen LogP contribution in [-0.2, 0) is 6.42 Å². The van der Waals surface area contributed by atoms with Gasteiger partial charge in [-0.1, -0.05) is 5.16 Å². The zero-order valence-electron chi connectivity index (χ0n) is 9.44. The van der Waals surface area contributed by atoms with E-state index in [4.69, 9.17) is 9.84 Å². The summed E-state index contributed by atoms with van der Waals surface area (Å²) in [5, 5.41) is 11.9. The predicted molar refractivity (Wildman–Crippen MR) is 58.0 cm³/mol. The molecular formula is C12H7F2NO4. The van der Waals surface area contributed by atoms with Gasteiger partial charge in [0.2, 0.25) is 0 Å². The normalized spacial score (nSPS) is 13.2. The van der Waals surface area contributed by atoms with Gasteiger partial charge in [-0.2, -0.15) is 0 Å². The van der Waals surface area contributed by atoms with E-state index in [0.29, 0.717) is 6.42 Å². The first-order valence-corrected chi connectivity index (χ1v) is 5.42. The third-order valence-corrected chi connectivity index (χ3v) is 2.86. The van der Waals surface area contributed by atoms with E-state index in [1.165, 1.54) is 0 Å². The molecule has 0 radical (unpaired) electrons. The highest BCUT2D eigenvalue weighted by atomic mass is 19.1. The molecule has 0 fully saturated rings. The summed E-state index contributed by atoms with van der Waals surface area (Å²) >= 11 is 0. The first-order valence-electron chi connectivity index (χ1n) is 5.42. The van der Waals surface area contributed by atoms with Crippen LogP contribution in [0.1, 0.15) is 16.1 Å². The van der Waals surface area contributed by atoms with Gasteiger partial charge in [0.15, 0.2) is 11.5 Å². The molecule has 1 aromatic carbocycles. The zero-order valence-corrected chi connectivity index (χ0v) is 9.44. The van der Waals surface area contributed by atoms with Gasteiger partial charge in [-0.15, -0.1) is 0 Å². The maximum absolute atomic E-state index is 14.2. The number of nitrogens with zero attached hydrogens (tertiary/aromatic N) is 1. The standard InChI is InChI=1S/C12H7F2NO4/c13-6-3-8-5(1-2-18-8)11(14)10(6)9-4-7(12(16)17)15-19-9/h3-4H,1-2H2,(H,16,17). The number of carboxylic acid groups (broad SMARTS) is 1. The number of aromatic carboxylic acids is 1. The van der Waals surface area contributed by atoms with Crippen LogP contribution < -0.4 is 4.74 Å². The zero-order chi connectivity index (χ0) is 13.6. The minimum Gasteiger partial charge on any atom is -0.493 e. The summed E-state index contributed by atoms with van der Waals surface area (Å²) in [6.45, 7) is 0.284. The molecule has 0 unspecified atom stereocenters. The summed E-state index contributed by atoms with van der Waals surface area (Å²) < 4.78 is 37.8. The Morgan fingerprint density at radius 3 is 2.84 bits per heavy atom. The van der Waals surface area contributed by atoms with Crippen molar-refractivity contribution in [2.45, 2.75) is 6.42 Å². The largest absolute Gasteiger partial charge is 0.493 e. The molecule has 7 heteroatoms. The Morgan fingerprint density at radius 2 is 2.16 bits per heavy atom. The van der Waals surface area contributed by atoms with Gasteiger partial charge in [0, 0.05) is 24.1 Å². The van der Waals surface area contributed by atoms with Crippen molar-refractivity contribution in [3.8, 4) is 17.1 Å². The quantitative estimate of drug-likeness (QED) is 0.903. The maximum atomic E-state index is 14.2. The molecule has 98 valence electrons. The number of carboxylic acids is 1. The van der Waals surface area contributed by atoms with E-state index in [1.807, 2.05) is 0 Å². The Bertz CT molecular complexity index is 681. The fourth-order valence-corrected chi connectivity index (χ4v) is 1.98. The average Bonchev–Trinajstić information content (AvgIpc) is 2.97. The molecule has 19 heavy (non-hydrogen) atoms. The molecule has 1 aliphatic heterocycles. The number of ether oxygens (including phenoxy) is 1. The molecule has 0 spiro atoms. The summed E-state index contributed by atoms with van der Waals surface area (Å²) in [4.78, 5) is 10.7. The topological polar surface area (TPSA) is 72.6 Å². The number of benzene rings is 1. The van der Waals surface area contributed by atoms with Gasteiger partial charge in [0.25, 0.3) is 0 Å². The van der Waals surface area contributed by atoms with Gasteiger partial charge in [0.1, 0.15) is 17.4 Å². The van der Waals surface area contributed by atoms with Gasteiger partial charge >= 0.3 is 5.97 Å². The lowest BCUT2D eigenvalue weighted by atomic mass is 10.0. The van der Waals surface area contributed by atoms with Crippen LogP contribution in [0.5, 0.6) is 5.75 Å². The van der Waals surface area contributed by atoms with Gasteiger partial charge in [0.05, 0.1) is 12.2 Å². The molecule has 0 aliphatic carbocycles. The number of aromatic nitrogens is 1. The maximum Gasteiger partial charge on any atom is 0.358 e. The van der Waals surface area contributed by atoms with Crippen LogP contribution in [0, 0.1) is 11.6 Å². The van der Waals surface area contributed by atoms with Crippen molar-refractivity contribution in [1.82, 2.24) is 5.16 Å². The van der Waals surface area contributed by atoms with Crippen LogP contribution in [0.25, 0.3) is 11.3 Å². The van der Waals surface area contributed by atoms with Gasteiger partial charge < -0.3 is 14.4 Å². The fourth-order valence-electron chi connectivity index (χ4n) is 1.98. The molecule has 1 N–H and O–H groups in total. The summed E-state index contributed by atoms with van der Waals surface area (Å²) in [6, 6.07) is 2.04. The molecule has 0 atom stereocenters. The molecule has 0 saturated heterocycles. The summed E-state index contributed by atoms with van der Waals surface area (Å²) in [5.41, 5.74) is -0.584. The van der Waals surface area contributed by atoms with Crippen molar-refractivity contribution in [2.24, 2.45) is 0 Å². The lowest BCUT2D eigenvalue weighted by Crippen LogP contribution is -1.95. The Kier molecular flexibility index (Phi) is 2.48. The smallest absolute Gasteiger partial charge is 0.358 e. The second kappa shape index (κ2) is 4.04. The molecule has 5 nitrogen and oxygen atoms in total. The molecular weight excluding hydrogens is 260 g/mol. The predicted octanol–water partition coefficient (Wildman–Crippen LogP) is 2.25. The first-order chi connectivity index (χ1) is 9.08. The van der Waals surface area contributed by atoms with Crippen molar-refractivity contribution < 1.29 is 27.9 Å². The van der Waals surface area contributed by atoms with Crippen LogP contribution in [-0.4, -0.2) is 22.8 Å². The van der Waals surface area contributed by atoms with Gasteiger partial charge in [-0.05, 0) is 0 Å². The van der Waals surface area contributed by atoms with E-state index in [0.717, 1.165) is 12.1 Å². The van der Waals surface area contributed by atoms with Crippen molar-refractivity contribution in [3.05, 3.63) is 35.0 Å². The Morgan fingerprint density at radius 1 is 1.37 bits per heavy atom. The number of carbonyl (C=O) groups is 1. The van der Waals surface area contributed by atoms with Crippen LogP contribution in [0.2, 0.25) is 0 Å². The minimum atomic E-state index is -1.33. The van der Waals surface area contributed by atoms with E-state index in [2.05, 4.69) is 9.68 Å². The van der Waals surface area contributed by atoms with Crippen molar-refractivity contribution >= 4 is 5.97 Å². The highest BCUT2D eigenvalue weighted by Gasteiger charge is 2.26. The summed E-state index contributed by atoms with van der Waals surface area (Å²) in [5.74, 6) is -3.12. The monoisotopic (exact) mass is 267 g/mol. The second-order valence-electron chi connectivity index (χ2n) is 4.00. The van der Waals surface area contributed by atoms with Gasteiger partial charge in [-0.3, -0.25) is 0 Å². The molecule has 2 aromatic rings. The van der Waals surface area contributed by atoms with Crippen LogP contribution in [0.4, 0.5) is 8.78 Å². The molecule has 0 saturated carbocycles. The van der Waals surface area contributed by atoms with Crippen LogP contribution in [0.3, 0.4) is 0 Å². The van der Waals surface area contributed by atoms with E-state index >= 15 is 0 Å². The molecule has 3 rings (SSSR count). The third kappa shape index (κ3) is 1.74. The van der Waals surface area contributed by atoms with Crippen LogP contribution in [0.15, 0.2) is 16.7 Å². The molecule has 2 heterocycles. The lowest BCUT2D eigenvalue weighted by Gasteiger charge is -2.05. The molecule has 0 bridgehead atoms. The number of rotatable bonds is 2. The minimum absolute atomic E-state index is 0.164. The highest BCUT2D eigenvalue weighted by molar-refractivity contribution is 5.86. The second-order valence-corrected chi connectivity index (χ2v) is 4.00. The Labute approximate surface area is 105 Å². The fraction of sp³-hybridized carbons (Fsp3) is 0.167. The van der Waals surface area contributed by atoms with Crippen molar-refractivity contribution in [2.75, 3.05) is 6.61 Å². The van der Waals surface area contributed by atoms with E-state index in [9.17, 15) is 13.6 Å². The number of halogens is 2. The SMILES string of the molecule is O=C(O)c1cc(-c2c(F)cc3c(c2F)CCO3)on1. The average molecular weight is 267 g/mol. The Balaban J connectivity index is 2.16.